The van der Waals surface area contributed by atoms with Crippen LogP contribution >= 0.6 is 0 Å². The SMILES string of the molecule is C=C=C1CN1C. The Morgan fingerprint density at radius 3 is 2.50 bits per heavy atom. The molecule has 1 nitrogen and oxygen atoms in total. The summed E-state index contributed by atoms with van der Waals surface area (Å²) < 4.78 is 0. The molecule has 1 saturated heterocycles. The molecule has 0 atom stereocenters. The quantitative estimate of drug-likeness (QED) is 0.305. The first-order valence-electron chi connectivity index (χ1n) is 1.94. The summed E-state index contributed by atoms with van der Waals surface area (Å²) >= 11 is 0. The van der Waals surface area contributed by atoms with Gasteiger partial charge in [0, 0.05) is 7.05 Å². The van der Waals surface area contributed by atoms with Gasteiger partial charge in [0.25, 0.3) is 0 Å². The van der Waals surface area contributed by atoms with Gasteiger partial charge in [-0.15, -0.1) is 5.73 Å². The molecule has 0 saturated carbocycles. The molecule has 0 aromatic carbocycles. The van der Waals surface area contributed by atoms with Gasteiger partial charge in [-0.1, -0.05) is 6.58 Å². The van der Waals surface area contributed by atoms with Crippen LogP contribution < -0.4 is 0 Å². The fourth-order valence-corrected chi connectivity index (χ4v) is 0.380. The first-order chi connectivity index (χ1) is 2.84. The highest BCUT2D eigenvalue weighted by Gasteiger charge is 2.17. The molecule has 32 valence electrons. The summed E-state index contributed by atoms with van der Waals surface area (Å²) in [6, 6.07) is 0. The zero-order valence-electron chi connectivity index (χ0n) is 3.86. The van der Waals surface area contributed by atoms with Crippen molar-refractivity contribution in [2.75, 3.05) is 13.6 Å². The molecule has 6 heavy (non-hydrogen) atoms. The van der Waals surface area contributed by atoms with E-state index in [1.807, 2.05) is 7.05 Å². The molecule has 1 aliphatic rings. The minimum absolute atomic E-state index is 1.07. The third-order valence-corrected chi connectivity index (χ3v) is 0.948. The van der Waals surface area contributed by atoms with E-state index in [0.717, 1.165) is 6.54 Å². The van der Waals surface area contributed by atoms with E-state index in [2.05, 4.69) is 17.2 Å². The third-order valence-electron chi connectivity index (χ3n) is 0.948. The topological polar surface area (TPSA) is 3.01 Å². The molecule has 1 heteroatoms. The summed E-state index contributed by atoms with van der Waals surface area (Å²) in [7, 11) is 2.02. The van der Waals surface area contributed by atoms with E-state index in [1.165, 1.54) is 5.70 Å². The van der Waals surface area contributed by atoms with Crippen LogP contribution in [0.1, 0.15) is 0 Å². The first-order valence-corrected chi connectivity index (χ1v) is 1.94. The van der Waals surface area contributed by atoms with E-state index in [9.17, 15) is 0 Å². The Morgan fingerprint density at radius 2 is 2.50 bits per heavy atom. The minimum atomic E-state index is 1.07. The smallest absolute Gasteiger partial charge is 0.0756 e. The second kappa shape index (κ2) is 0.889. The summed E-state index contributed by atoms with van der Waals surface area (Å²) in [4.78, 5) is 2.09. The highest BCUT2D eigenvalue weighted by atomic mass is 15.2. The number of hydrogen-bond donors (Lipinski definition) is 0. The van der Waals surface area contributed by atoms with Crippen LogP contribution in [0, 0.1) is 0 Å². The molecule has 0 radical (unpaired) electrons. The van der Waals surface area contributed by atoms with E-state index in [1.54, 1.807) is 0 Å². The second-order valence-corrected chi connectivity index (χ2v) is 1.48. The number of nitrogens with zero attached hydrogens (tertiary/aromatic N) is 1. The minimum Gasteiger partial charge on any atom is -0.364 e. The Labute approximate surface area is 37.6 Å². The average Bonchev–Trinajstić information content (AvgIpc) is 2.19. The van der Waals surface area contributed by atoms with Crippen LogP contribution in [0.2, 0.25) is 0 Å². The van der Waals surface area contributed by atoms with Crippen LogP contribution in [0.25, 0.3) is 0 Å². The zero-order valence-corrected chi connectivity index (χ0v) is 3.86. The summed E-state index contributed by atoms with van der Waals surface area (Å²) in [5, 5.41) is 0. The maximum atomic E-state index is 3.47. The van der Waals surface area contributed by atoms with E-state index in [-0.39, 0.29) is 0 Å². The van der Waals surface area contributed by atoms with Gasteiger partial charge in [-0.25, -0.2) is 0 Å². The van der Waals surface area contributed by atoms with Crippen molar-refractivity contribution in [2.24, 2.45) is 0 Å². The zero-order chi connectivity index (χ0) is 4.57. The molecule has 0 amide bonds. The number of likely N-dealkylation sites (N-methyl/N-ethyl adjacent to an activating group) is 1. The molecule has 1 heterocycles. The molecule has 0 spiro atoms. The van der Waals surface area contributed by atoms with Gasteiger partial charge in [0.1, 0.15) is 0 Å². The largest absolute Gasteiger partial charge is 0.364 e. The van der Waals surface area contributed by atoms with Crippen LogP contribution in [-0.2, 0) is 0 Å². The van der Waals surface area contributed by atoms with Gasteiger partial charge in [0.15, 0.2) is 0 Å². The van der Waals surface area contributed by atoms with Crippen molar-refractivity contribution in [1.82, 2.24) is 4.90 Å². The number of hydrogen-bond acceptors (Lipinski definition) is 1. The molecule has 0 N–H and O–H groups in total. The lowest BCUT2D eigenvalue weighted by Gasteiger charge is -1.72. The van der Waals surface area contributed by atoms with Crippen LogP contribution in [0.15, 0.2) is 18.0 Å². The van der Waals surface area contributed by atoms with Crippen molar-refractivity contribution in [1.29, 1.82) is 0 Å². The Hall–Kier alpha value is -0.680. The summed E-state index contributed by atoms with van der Waals surface area (Å²) in [5.41, 5.74) is 4.01. The first kappa shape index (κ1) is 3.51. The molecular weight excluding hydrogens is 74.1 g/mol. The molecule has 1 aliphatic heterocycles. The van der Waals surface area contributed by atoms with Crippen molar-refractivity contribution < 1.29 is 0 Å². The normalized spacial score (nSPS) is 17.5. The summed E-state index contributed by atoms with van der Waals surface area (Å²) in [6.45, 7) is 4.54. The van der Waals surface area contributed by atoms with Gasteiger partial charge in [-0.2, -0.15) is 0 Å². The van der Waals surface area contributed by atoms with Crippen molar-refractivity contribution >= 4 is 0 Å². The van der Waals surface area contributed by atoms with Crippen molar-refractivity contribution in [3.8, 4) is 0 Å². The van der Waals surface area contributed by atoms with E-state index >= 15 is 0 Å². The van der Waals surface area contributed by atoms with E-state index in [0.29, 0.717) is 0 Å². The van der Waals surface area contributed by atoms with Crippen molar-refractivity contribution in [3.63, 3.8) is 0 Å². The molecule has 0 bridgehead atoms. The lowest BCUT2D eigenvalue weighted by atomic mass is 10.7. The predicted molar refractivity (Wildman–Crippen MR) is 25.3 cm³/mol. The van der Waals surface area contributed by atoms with Gasteiger partial charge in [0.05, 0.1) is 12.2 Å². The van der Waals surface area contributed by atoms with Crippen LogP contribution in [0.4, 0.5) is 0 Å². The highest BCUT2D eigenvalue weighted by molar-refractivity contribution is 5.14. The maximum absolute atomic E-state index is 3.47. The lowest BCUT2D eigenvalue weighted by Crippen LogP contribution is -1.75. The molecule has 0 aromatic rings. The number of rotatable bonds is 0. The Bertz CT molecular complexity index is 109. The fourth-order valence-electron chi connectivity index (χ4n) is 0.380. The molecule has 1 fully saturated rings. The Kier molecular flexibility index (Phi) is 0.520. The average molecular weight is 81.1 g/mol. The fraction of sp³-hybridized carbons (Fsp3) is 0.400. The van der Waals surface area contributed by atoms with Crippen LogP contribution in [-0.4, -0.2) is 18.5 Å². The molecule has 0 aromatic heterocycles. The van der Waals surface area contributed by atoms with Crippen molar-refractivity contribution in [3.05, 3.63) is 18.0 Å². The highest BCUT2D eigenvalue weighted by Crippen LogP contribution is 2.14. The van der Waals surface area contributed by atoms with Crippen molar-refractivity contribution in [2.45, 2.75) is 0 Å². The van der Waals surface area contributed by atoms with Crippen LogP contribution in [0.5, 0.6) is 0 Å². The summed E-state index contributed by atoms with van der Waals surface area (Å²) in [5.74, 6) is 0. The van der Waals surface area contributed by atoms with Gasteiger partial charge in [-0.05, 0) is 0 Å². The van der Waals surface area contributed by atoms with Gasteiger partial charge in [-0.3, -0.25) is 0 Å². The van der Waals surface area contributed by atoms with Gasteiger partial charge < -0.3 is 4.90 Å². The van der Waals surface area contributed by atoms with Gasteiger partial charge in [0.2, 0.25) is 0 Å². The predicted octanol–water partition coefficient (Wildman–Crippen LogP) is 0.601. The van der Waals surface area contributed by atoms with E-state index < -0.39 is 0 Å². The Balaban J connectivity index is 2.67. The monoisotopic (exact) mass is 81.1 g/mol. The van der Waals surface area contributed by atoms with Crippen LogP contribution in [0.3, 0.4) is 0 Å². The third kappa shape index (κ3) is 0.333. The molecular formula is C5H7N. The van der Waals surface area contributed by atoms with Gasteiger partial charge >= 0.3 is 0 Å². The lowest BCUT2D eigenvalue weighted by molar-refractivity contribution is 0.729. The molecule has 0 aliphatic carbocycles. The second-order valence-electron chi connectivity index (χ2n) is 1.48. The Morgan fingerprint density at radius 1 is 2.00 bits per heavy atom. The molecule has 0 unspecified atom stereocenters. The summed E-state index contributed by atoms with van der Waals surface area (Å²) in [6.07, 6.45) is 0. The van der Waals surface area contributed by atoms with E-state index in [4.69, 9.17) is 0 Å². The molecule has 1 rings (SSSR count). The standard InChI is InChI=1S/C5H7N/c1-3-5-4-6(5)2/h1,4H2,2H3. The maximum Gasteiger partial charge on any atom is 0.0756 e.